The molecule has 0 bridgehead atoms. The number of carbonyl (C=O) groups is 2. The van der Waals surface area contributed by atoms with Crippen LogP contribution in [-0.2, 0) is 9.59 Å². The predicted molar refractivity (Wildman–Crippen MR) is 92.6 cm³/mol. The van der Waals surface area contributed by atoms with Crippen LogP contribution in [0.4, 0.5) is 5.82 Å². The van der Waals surface area contributed by atoms with Crippen LogP contribution in [0.5, 0.6) is 0 Å². The molecule has 2 aliphatic rings. The molecule has 24 heavy (non-hydrogen) atoms. The zero-order chi connectivity index (χ0) is 16.9. The van der Waals surface area contributed by atoms with E-state index in [-0.39, 0.29) is 18.2 Å². The molecule has 2 fully saturated rings. The summed E-state index contributed by atoms with van der Waals surface area (Å²) in [5.41, 5.74) is 0. The Morgan fingerprint density at radius 1 is 1.08 bits per heavy atom. The van der Waals surface area contributed by atoms with E-state index in [2.05, 4.69) is 16.8 Å². The van der Waals surface area contributed by atoms with Crippen molar-refractivity contribution in [3.8, 4) is 0 Å². The van der Waals surface area contributed by atoms with Crippen LogP contribution in [0.25, 0.3) is 0 Å². The van der Waals surface area contributed by atoms with Gasteiger partial charge in [0.25, 0.3) is 0 Å². The number of rotatable bonds is 3. The quantitative estimate of drug-likeness (QED) is 0.786. The van der Waals surface area contributed by atoms with Crippen LogP contribution < -0.4 is 4.90 Å². The number of hydrogen-bond donors (Lipinski definition) is 0. The van der Waals surface area contributed by atoms with Crippen molar-refractivity contribution in [2.45, 2.75) is 26.2 Å². The van der Waals surface area contributed by atoms with E-state index in [1.54, 1.807) is 6.20 Å². The van der Waals surface area contributed by atoms with E-state index in [0.29, 0.717) is 19.0 Å². The van der Waals surface area contributed by atoms with Crippen LogP contribution in [0.3, 0.4) is 0 Å². The van der Waals surface area contributed by atoms with Crippen LogP contribution in [0, 0.1) is 5.92 Å². The van der Waals surface area contributed by atoms with Crippen molar-refractivity contribution in [2.75, 3.05) is 44.2 Å². The Bertz CT molecular complexity index is 570. The van der Waals surface area contributed by atoms with Crippen molar-refractivity contribution in [3.05, 3.63) is 24.4 Å². The van der Waals surface area contributed by atoms with Crippen molar-refractivity contribution in [3.63, 3.8) is 0 Å². The van der Waals surface area contributed by atoms with Gasteiger partial charge in [-0.05, 0) is 30.9 Å². The van der Waals surface area contributed by atoms with Gasteiger partial charge in [-0.25, -0.2) is 4.98 Å². The average molecular weight is 330 g/mol. The van der Waals surface area contributed by atoms with Gasteiger partial charge < -0.3 is 14.7 Å². The number of anilines is 1. The molecule has 0 N–H and O–H groups in total. The van der Waals surface area contributed by atoms with Gasteiger partial charge in [-0.3, -0.25) is 9.59 Å². The fourth-order valence-electron chi connectivity index (χ4n) is 3.49. The highest BCUT2D eigenvalue weighted by Crippen LogP contribution is 2.17. The Labute approximate surface area is 143 Å². The van der Waals surface area contributed by atoms with Crippen molar-refractivity contribution in [2.24, 2.45) is 5.92 Å². The maximum absolute atomic E-state index is 12.4. The van der Waals surface area contributed by atoms with Crippen molar-refractivity contribution in [1.29, 1.82) is 0 Å². The van der Waals surface area contributed by atoms with E-state index in [0.717, 1.165) is 38.4 Å². The van der Waals surface area contributed by atoms with E-state index in [1.807, 2.05) is 28.0 Å². The van der Waals surface area contributed by atoms with Gasteiger partial charge in [0.2, 0.25) is 11.8 Å². The summed E-state index contributed by atoms with van der Waals surface area (Å²) in [6, 6.07) is 5.85. The highest BCUT2D eigenvalue weighted by molar-refractivity contribution is 5.97. The molecule has 0 saturated carbocycles. The van der Waals surface area contributed by atoms with E-state index in [1.165, 1.54) is 6.42 Å². The Balaban J connectivity index is 1.47. The minimum atomic E-state index is -0.0427. The van der Waals surface area contributed by atoms with Gasteiger partial charge in [-0.1, -0.05) is 13.0 Å². The molecule has 0 aliphatic carbocycles. The molecule has 2 amide bonds. The normalized spacial score (nSPS) is 21.7. The first kappa shape index (κ1) is 16.7. The molecule has 130 valence electrons. The summed E-state index contributed by atoms with van der Waals surface area (Å²) in [7, 11) is 0. The topological polar surface area (TPSA) is 56.8 Å². The Kier molecular flexibility index (Phi) is 5.33. The predicted octanol–water partition coefficient (Wildman–Crippen LogP) is 1.38. The van der Waals surface area contributed by atoms with E-state index < -0.39 is 0 Å². The zero-order valence-corrected chi connectivity index (χ0v) is 14.4. The van der Waals surface area contributed by atoms with E-state index in [9.17, 15) is 9.59 Å². The number of hydrogen-bond acceptors (Lipinski definition) is 4. The summed E-state index contributed by atoms with van der Waals surface area (Å²) in [6.45, 7) is 6.58. The molecular formula is C18H26N4O2. The molecule has 1 unspecified atom stereocenters. The highest BCUT2D eigenvalue weighted by Gasteiger charge is 2.27. The molecule has 0 radical (unpaired) electrons. The monoisotopic (exact) mass is 330 g/mol. The number of likely N-dealkylation sites (tertiary alicyclic amines) is 1. The molecule has 0 spiro atoms. The van der Waals surface area contributed by atoms with Gasteiger partial charge in [0.1, 0.15) is 12.2 Å². The molecule has 6 nitrogen and oxygen atoms in total. The molecule has 1 atom stereocenters. The Hall–Kier alpha value is -2.11. The fraction of sp³-hybridized carbons (Fsp3) is 0.611. The van der Waals surface area contributed by atoms with Crippen LogP contribution in [-0.4, -0.2) is 65.9 Å². The minimum absolute atomic E-state index is 0.0102. The van der Waals surface area contributed by atoms with Crippen molar-refractivity contribution < 1.29 is 9.59 Å². The van der Waals surface area contributed by atoms with Gasteiger partial charge in [0.15, 0.2) is 0 Å². The summed E-state index contributed by atoms with van der Waals surface area (Å²) in [5.74, 6) is 1.43. The molecule has 6 heteroatoms. The maximum Gasteiger partial charge on any atom is 0.232 e. The van der Waals surface area contributed by atoms with Crippen LogP contribution in [0.1, 0.15) is 26.2 Å². The number of carbonyl (C=O) groups excluding carboxylic acids is 2. The second-order valence-corrected chi connectivity index (χ2v) is 6.82. The molecule has 1 aromatic rings. The number of nitrogens with zero attached hydrogens (tertiary/aromatic N) is 4. The summed E-state index contributed by atoms with van der Waals surface area (Å²) < 4.78 is 0. The second kappa shape index (κ2) is 7.64. The first-order valence-corrected chi connectivity index (χ1v) is 8.85. The number of piperidine rings is 1. The fourth-order valence-corrected chi connectivity index (χ4v) is 3.49. The van der Waals surface area contributed by atoms with Gasteiger partial charge in [0, 0.05) is 45.5 Å². The van der Waals surface area contributed by atoms with Gasteiger partial charge in [-0.2, -0.15) is 0 Å². The largest absolute Gasteiger partial charge is 0.353 e. The van der Waals surface area contributed by atoms with Gasteiger partial charge in [-0.15, -0.1) is 0 Å². The average Bonchev–Trinajstić information content (AvgIpc) is 2.62. The number of aromatic nitrogens is 1. The Morgan fingerprint density at radius 2 is 1.83 bits per heavy atom. The summed E-state index contributed by atoms with van der Waals surface area (Å²) in [6.07, 6.45) is 4.01. The van der Waals surface area contributed by atoms with Crippen LogP contribution in [0.15, 0.2) is 24.4 Å². The van der Waals surface area contributed by atoms with E-state index in [4.69, 9.17) is 0 Å². The molecule has 3 heterocycles. The lowest BCUT2D eigenvalue weighted by molar-refractivity contribution is -0.141. The third-order valence-electron chi connectivity index (χ3n) is 4.92. The molecule has 3 rings (SSSR count). The molecule has 2 saturated heterocycles. The lowest BCUT2D eigenvalue weighted by Crippen LogP contribution is -2.50. The molecule has 0 aromatic carbocycles. The standard InChI is InChI=1S/C18H26N4O2/c1-15-5-4-8-22(14-15)18(24)13-17(23)21-11-9-20(10-12-21)16-6-2-3-7-19-16/h2-3,6-7,15H,4-5,8-14H2,1H3. The SMILES string of the molecule is CC1CCCN(C(=O)CC(=O)N2CCN(c3ccccn3)CC2)C1. The third kappa shape index (κ3) is 4.04. The summed E-state index contributed by atoms with van der Waals surface area (Å²) >= 11 is 0. The minimum Gasteiger partial charge on any atom is -0.353 e. The van der Waals surface area contributed by atoms with Crippen molar-refractivity contribution >= 4 is 17.6 Å². The first-order chi connectivity index (χ1) is 11.6. The van der Waals surface area contributed by atoms with Crippen LogP contribution >= 0.6 is 0 Å². The summed E-state index contributed by atoms with van der Waals surface area (Å²) in [5, 5.41) is 0. The highest BCUT2D eigenvalue weighted by atomic mass is 16.2. The number of amides is 2. The maximum atomic E-state index is 12.4. The molecule has 1 aromatic heterocycles. The lowest BCUT2D eigenvalue weighted by atomic mass is 10.00. The van der Waals surface area contributed by atoms with Gasteiger partial charge >= 0.3 is 0 Å². The van der Waals surface area contributed by atoms with E-state index >= 15 is 0 Å². The van der Waals surface area contributed by atoms with Gasteiger partial charge in [0.05, 0.1) is 0 Å². The first-order valence-electron chi connectivity index (χ1n) is 8.85. The smallest absolute Gasteiger partial charge is 0.232 e. The third-order valence-corrected chi connectivity index (χ3v) is 4.92. The molecular weight excluding hydrogens is 304 g/mol. The molecule has 2 aliphatic heterocycles. The lowest BCUT2D eigenvalue weighted by Gasteiger charge is -2.36. The summed E-state index contributed by atoms with van der Waals surface area (Å²) in [4.78, 5) is 35.0. The number of pyridine rings is 1. The Morgan fingerprint density at radius 3 is 2.50 bits per heavy atom. The second-order valence-electron chi connectivity index (χ2n) is 6.82. The number of piperazine rings is 1. The van der Waals surface area contributed by atoms with Crippen molar-refractivity contribution in [1.82, 2.24) is 14.8 Å². The van der Waals surface area contributed by atoms with Crippen LogP contribution in [0.2, 0.25) is 0 Å². The zero-order valence-electron chi connectivity index (χ0n) is 14.4.